The van der Waals surface area contributed by atoms with Gasteiger partial charge in [0.2, 0.25) is 0 Å². The Morgan fingerprint density at radius 1 is 1.24 bits per heavy atom. The van der Waals surface area contributed by atoms with Gasteiger partial charge in [-0.05, 0) is 38.3 Å². The topological polar surface area (TPSA) is 36.3 Å². The molecule has 1 aromatic heterocycles. The fourth-order valence-corrected chi connectivity index (χ4v) is 2.70. The number of ether oxygens (including phenoxy) is 2. The third kappa shape index (κ3) is 3.69. The first-order chi connectivity index (χ1) is 10.2. The van der Waals surface area contributed by atoms with Crippen molar-refractivity contribution in [2.45, 2.75) is 38.1 Å². The standard InChI is InChI=1S/C16H23ClN2O2/c1-12(17)16-18-15-13(8-7-9-14(15)21-3)19(16)10-5-4-6-11-20-2/h7-9,12H,4-6,10-11H2,1-3H3. The van der Waals surface area contributed by atoms with E-state index in [4.69, 9.17) is 21.1 Å². The van der Waals surface area contributed by atoms with Crippen LogP contribution in [0.2, 0.25) is 0 Å². The Kier molecular flexibility index (Phi) is 5.88. The van der Waals surface area contributed by atoms with Crippen molar-refractivity contribution in [3.05, 3.63) is 24.0 Å². The van der Waals surface area contributed by atoms with Gasteiger partial charge in [-0.1, -0.05) is 6.07 Å². The molecule has 0 aliphatic heterocycles. The van der Waals surface area contributed by atoms with Crippen molar-refractivity contribution in [1.29, 1.82) is 0 Å². The molecule has 0 saturated heterocycles. The van der Waals surface area contributed by atoms with Gasteiger partial charge in [-0.2, -0.15) is 0 Å². The van der Waals surface area contributed by atoms with E-state index in [1.807, 2.05) is 19.1 Å². The average Bonchev–Trinajstić information content (AvgIpc) is 2.86. The number of rotatable bonds is 8. The minimum absolute atomic E-state index is 0.124. The van der Waals surface area contributed by atoms with Crippen molar-refractivity contribution < 1.29 is 9.47 Å². The molecule has 116 valence electrons. The van der Waals surface area contributed by atoms with Gasteiger partial charge >= 0.3 is 0 Å². The Morgan fingerprint density at radius 3 is 2.71 bits per heavy atom. The van der Waals surface area contributed by atoms with Crippen LogP contribution in [0.3, 0.4) is 0 Å². The van der Waals surface area contributed by atoms with Crippen LogP contribution in [0.15, 0.2) is 18.2 Å². The summed E-state index contributed by atoms with van der Waals surface area (Å²) in [6.07, 6.45) is 3.30. The second-order valence-corrected chi connectivity index (χ2v) is 5.77. The van der Waals surface area contributed by atoms with Crippen molar-refractivity contribution in [1.82, 2.24) is 9.55 Å². The smallest absolute Gasteiger partial charge is 0.146 e. The van der Waals surface area contributed by atoms with Gasteiger partial charge in [0, 0.05) is 20.3 Å². The SMILES string of the molecule is COCCCCCn1c(C(C)Cl)nc2c(OC)cccc21. The normalized spacial score (nSPS) is 12.8. The molecule has 1 heterocycles. The molecule has 0 radical (unpaired) electrons. The number of aryl methyl sites for hydroxylation is 1. The van der Waals surface area contributed by atoms with Crippen molar-refractivity contribution in [3.63, 3.8) is 0 Å². The number of methoxy groups -OCH3 is 2. The largest absolute Gasteiger partial charge is 0.494 e. The van der Waals surface area contributed by atoms with Gasteiger partial charge in [-0.25, -0.2) is 4.98 Å². The zero-order valence-electron chi connectivity index (χ0n) is 12.9. The summed E-state index contributed by atoms with van der Waals surface area (Å²) in [5.41, 5.74) is 1.97. The summed E-state index contributed by atoms with van der Waals surface area (Å²) in [6, 6.07) is 6.00. The van der Waals surface area contributed by atoms with E-state index in [0.717, 1.165) is 55.0 Å². The van der Waals surface area contributed by atoms with Crippen LogP contribution >= 0.6 is 11.6 Å². The Morgan fingerprint density at radius 2 is 2.05 bits per heavy atom. The van der Waals surface area contributed by atoms with E-state index in [2.05, 4.69) is 15.6 Å². The molecule has 4 nitrogen and oxygen atoms in total. The first-order valence-electron chi connectivity index (χ1n) is 7.35. The molecule has 0 aliphatic rings. The zero-order valence-corrected chi connectivity index (χ0v) is 13.7. The average molecular weight is 311 g/mol. The van der Waals surface area contributed by atoms with E-state index in [1.165, 1.54) is 0 Å². The maximum Gasteiger partial charge on any atom is 0.146 e. The van der Waals surface area contributed by atoms with Crippen LogP contribution in [-0.4, -0.2) is 30.4 Å². The molecule has 0 fully saturated rings. The Balaban J connectivity index is 2.25. The van der Waals surface area contributed by atoms with Gasteiger partial charge in [-0.3, -0.25) is 0 Å². The first-order valence-corrected chi connectivity index (χ1v) is 7.78. The lowest BCUT2D eigenvalue weighted by molar-refractivity contribution is 0.191. The van der Waals surface area contributed by atoms with E-state index in [9.17, 15) is 0 Å². The van der Waals surface area contributed by atoms with Crippen molar-refractivity contribution >= 4 is 22.6 Å². The van der Waals surface area contributed by atoms with Gasteiger partial charge in [0.1, 0.15) is 17.1 Å². The molecule has 0 saturated carbocycles. The van der Waals surface area contributed by atoms with Gasteiger partial charge < -0.3 is 14.0 Å². The highest BCUT2D eigenvalue weighted by Crippen LogP contribution is 2.30. The fourth-order valence-electron chi connectivity index (χ4n) is 2.54. The van der Waals surface area contributed by atoms with E-state index >= 15 is 0 Å². The number of fused-ring (bicyclic) bond motifs is 1. The summed E-state index contributed by atoms with van der Waals surface area (Å²) in [7, 11) is 3.41. The van der Waals surface area contributed by atoms with Crippen LogP contribution < -0.4 is 4.74 Å². The molecule has 21 heavy (non-hydrogen) atoms. The molecule has 0 aliphatic carbocycles. The molecule has 2 aromatic rings. The van der Waals surface area contributed by atoms with Crippen molar-refractivity contribution in [2.75, 3.05) is 20.8 Å². The maximum atomic E-state index is 6.29. The highest BCUT2D eigenvalue weighted by molar-refractivity contribution is 6.20. The number of imidazole rings is 1. The summed E-state index contributed by atoms with van der Waals surface area (Å²) >= 11 is 6.29. The van der Waals surface area contributed by atoms with Crippen LogP contribution in [0.5, 0.6) is 5.75 Å². The van der Waals surface area contributed by atoms with Crippen LogP contribution in [-0.2, 0) is 11.3 Å². The molecule has 0 spiro atoms. The predicted molar refractivity (Wildman–Crippen MR) is 86.3 cm³/mol. The van der Waals surface area contributed by atoms with Gasteiger partial charge in [-0.15, -0.1) is 11.6 Å². The molecule has 5 heteroatoms. The fraction of sp³-hybridized carbons (Fsp3) is 0.562. The zero-order chi connectivity index (χ0) is 15.2. The second-order valence-electron chi connectivity index (χ2n) is 5.12. The molecule has 0 bridgehead atoms. The number of hydrogen-bond donors (Lipinski definition) is 0. The quantitative estimate of drug-likeness (QED) is 0.542. The number of benzene rings is 1. The molecular weight excluding hydrogens is 288 g/mol. The number of alkyl halides is 1. The summed E-state index contributed by atoms with van der Waals surface area (Å²) in [4.78, 5) is 4.68. The third-order valence-electron chi connectivity index (χ3n) is 3.58. The Bertz CT molecular complexity index is 581. The minimum atomic E-state index is -0.124. The Labute approximate surface area is 131 Å². The van der Waals surface area contributed by atoms with E-state index in [-0.39, 0.29) is 5.38 Å². The van der Waals surface area contributed by atoms with Gasteiger partial charge in [0.15, 0.2) is 0 Å². The van der Waals surface area contributed by atoms with Crippen LogP contribution in [0, 0.1) is 0 Å². The maximum absolute atomic E-state index is 6.29. The highest BCUT2D eigenvalue weighted by Gasteiger charge is 2.16. The Hall–Kier alpha value is -1.26. The lowest BCUT2D eigenvalue weighted by atomic mass is 10.2. The minimum Gasteiger partial charge on any atom is -0.494 e. The molecular formula is C16H23ClN2O2. The lowest BCUT2D eigenvalue weighted by Crippen LogP contribution is -2.05. The van der Waals surface area contributed by atoms with Crippen LogP contribution in [0.1, 0.15) is 37.4 Å². The monoisotopic (exact) mass is 310 g/mol. The summed E-state index contributed by atoms with van der Waals surface area (Å²) in [5.74, 6) is 1.70. The van der Waals surface area contributed by atoms with Gasteiger partial charge in [0.05, 0.1) is 18.0 Å². The van der Waals surface area contributed by atoms with E-state index in [1.54, 1.807) is 14.2 Å². The number of hydrogen-bond acceptors (Lipinski definition) is 3. The number of halogens is 1. The predicted octanol–water partition coefficient (Wildman–Crippen LogP) is 4.16. The van der Waals surface area contributed by atoms with Crippen molar-refractivity contribution in [3.8, 4) is 5.75 Å². The summed E-state index contributed by atoms with van der Waals surface area (Å²) in [6.45, 7) is 3.69. The molecule has 1 unspecified atom stereocenters. The molecule has 0 amide bonds. The van der Waals surface area contributed by atoms with E-state index in [0.29, 0.717) is 0 Å². The van der Waals surface area contributed by atoms with Crippen LogP contribution in [0.4, 0.5) is 0 Å². The number of nitrogens with zero attached hydrogens (tertiary/aromatic N) is 2. The van der Waals surface area contributed by atoms with E-state index < -0.39 is 0 Å². The van der Waals surface area contributed by atoms with Gasteiger partial charge in [0.25, 0.3) is 0 Å². The van der Waals surface area contributed by atoms with Crippen molar-refractivity contribution in [2.24, 2.45) is 0 Å². The lowest BCUT2D eigenvalue weighted by Gasteiger charge is -2.10. The summed E-state index contributed by atoms with van der Waals surface area (Å²) in [5, 5.41) is -0.124. The highest BCUT2D eigenvalue weighted by atomic mass is 35.5. The molecule has 1 aromatic carbocycles. The molecule has 2 rings (SSSR count). The third-order valence-corrected chi connectivity index (χ3v) is 3.77. The number of unbranched alkanes of at least 4 members (excludes halogenated alkanes) is 2. The molecule has 0 N–H and O–H groups in total. The molecule has 1 atom stereocenters. The second kappa shape index (κ2) is 7.66. The first kappa shape index (κ1) is 16.1. The van der Waals surface area contributed by atoms with Crippen LogP contribution in [0.25, 0.3) is 11.0 Å². The summed E-state index contributed by atoms with van der Waals surface area (Å²) < 4.78 is 12.7. The number of para-hydroxylation sites is 1. The number of aromatic nitrogens is 2.